The number of halogens is 3. The standard InChI is InChI=1S/C21H26F3N7O/c1-10(2)17-19(32)29-16-11(3)26-20(30-18(16)31(17)4)28-14-8-13(9-14)27-15-7-12(5-6-25-15)21(22,23)24/h5-7,10,13-14,17H,8-9H2,1-4H3,(H,25,27)(H,29,32)(H,26,28,30)/t13-,14+,17-/m0/s1. The van der Waals surface area contributed by atoms with Gasteiger partial charge in [-0.15, -0.1) is 0 Å². The van der Waals surface area contributed by atoms with E-state index in [4.69, 9.17) is 0 Å². The van der Waals surface area contributed by atoms with E-state index in [1.165, 1.54) is 0 Å². The van der Waals surface area contributed by atoms with Gasteiger partial charge in [0, 0.05) is 25.3 Å². The van der Waals surface area contributed by atoms with Gasteiger partial charge in [0.2, 0.25) is 11.9 Å². The number of carbonyl (C=O) groups is 1. The van der Waals surface area contributed by atoms with Crippen molar-refractivity contribution in [2.75, 3.05) is 27.9 Å². The van der Waals surface area contributed by atoms with Crippen LogP contribution < -0.4 is 20.9 Å². The van der Waals surface area contributed by atoms with E-state index in [1.54, 1.807) is 0 Å². The SMILES string of the molecule is Cc1nc(N[C@H]2C[C@@H](Nc3cc(C(F)(F)F)ccn3)C2)nc2c1NC(=O)[C@H](C(C)C)N2C. The number of fused-ring (bicyclic) bond motifs is 1. The molecule has 3 N–H and O–H groups in total. The molecule has 11 heteroatoms. The molecule has 0 saturated heterocycles. The number of nitrogens with zero attached hydrogens (tertiary/aromatic N) is 4. The number of pyridine rings is 1. The van der Waals surface area contributed by atoms with Gasteiger partial charge in [-0.2, -0.15) is 18.2 Å². The smallest absolute Gasteiger partial charge is 0.367 e. The van der Waals surface area contributed by atoms with Crippen LogP contribution in [0.1, 0.15) is 37.9 Å². The maximum absolute atomic E-state index is 12.9. The molecule has 3 heterocycles. The summed E-state index contributed by atoms with van der Waals surface area (Å²) in [6, 6.07) is 1.75. The summed E-state index contributed by atoms with van der Waals surface area (Å²) in [6.07, 6.45) is -1.86. The molecule has 0 unspecified atom stereocenters. The molecule has 4 rings (SSSR count). The first-order valence-corrected chi connectivity index (χ1v) is 10.5. The van der Waals surface area contributed by atoms with E-state index < -0.39 is 11.7 Å². The van der Waals surface area contributed by atoms with Crippen molar-refractivity contribution in [3.63, 3.8) is 0 Å². The highest BCUT2D eigenvalue weighted by Gasteiger charge is 2.36. The molecule has 0 radical (unpaired) electrons. The van der Waals surface area contributed by atoms with Gasteiger partial charge in [0.05, 0.1) is 11.3 Å². The second-order valence-corrected chi connectivity index (χ2v) is 8.70. The van der Waals surface area contributed by atoms with Crippen LogP contribution in [0.3, 0.4) is 0 Å². The van der Waals surface area contributed by atoms with Gasteiger partial charge >= 0.3 is 6.18 Å². The zero-order chi connectivity index (χ0) is 23.2. The van der Waals surface area contributed by atoms with Gasteiger partial charge in [0.25, 0.3) is 0 Å². The highest BCUT2D eigenvalue weighted by molar-refractivity contribution is 6.03. The summed E-state index contributed by atoms with van der Waals surface area (Å²) in [5.74, 6) is 1.38. The first kappa shape index (κ1) is 22.1. The van der Waals surface area contributed by atoms with Gasteiger partial charge in [-0.25, -0.2) is 9.97 Å². The van der Waals surface area contributed by atoms with Gasteiger partial charge < -0.3 is 20.9 Å². The lowest BCUT2D eigenvalue weighted by Gasteiger charge is -2.38. The topological polar surface area (TPSA) is 95.1 Å². The van der Waals surface area contributed by atoms with Crippen LogP contribution in [0, 0.1) is 12.8 Å². The number of carbonyl (C=O) groups excluding carboxylic acids is 1. The number of aryl methyl sites for hydroxylation is 1. The summed E-state index contributed by atoms with van der Waals surface area (Å²) in [5.41, 5.74) is 0.559. The summed E-state index contributed by atoms with van der Waals surface area (Å²) in [4.78, 5) is 27.4. The van der Waals surface area contributed by atoms with Crippen molar-refractivity contribution in [1.29, 1.82) is 0 Å². The van der Waals surface area contributed by atoms with Crippen molar-refractivity contribution in [2.24, 2.45) is 5.92 Å². The van der Waals surface area contributed by atoms with Crippen molar-refractivity contribution in [2.45, 2.75) is 57.9 Å². The lowest BCUT2D eigenvalue weighted by Crippen LogP contribution is -2.50. The molecule has 0 spiro atoms. The predicted octanol–water partition coefficient (Wildman–Crippen LogP) is 3.67. The molecule has 172 valence electrons. The molecule has 0 bridgehead atoms. The quantitative estimate of drug-likeness (QED) is 0.641. The van der Waals surface area contributed by atoms with Gasteiger partial charge in [-0.1, -0.05) is 13.8 Å². The third-order valence-corrected chi connectivity index (χ3v) is 5.88. The number of nitrogens with one attached hydrogen (secondary N) is 3. The maximum Gasteiger partial charge on any atom is 0.416 e. The van der Waals surface area contributed by atoms with Crippen LogP contribution in [0.15, 0.2) is 18.3 Å². The Morgan fingerprint density at radius 3 is 2.53 bits per heavy atom. The molecule has 32 heavy (non-hydrogen) atoms. The van der Waals surface area contributed by atoms with Crippen LogP contribution in [0.25, 0.3) is 0 Å². The second-order valence-electron chi connectivity index (χ2n) is 8.70. The van der Waals surface area contributed by atoms with Gasteiger partial charge in [-0.3, -0.25) is 4.79 Å². The molecular weight excluding hydrogens is 423 g/mol. The van der Waals surface area contributed by atoms with Crippen LogP contribution in [0.4, 0.5) is 36.4 Å². The van der Waals surface area contributed by atoms with Crippen molar-refractivity contribution in [1.82, 2.24) is 15.0 Å². The first-order chi connectivity index (χ1) is 15.0. The third-order valence-electron chi connectivity index (χ3n) is 5.88. The summed E-state index contributed by atoms with van der Waals surface area (Å²) < 4.78 is 38.6. The summed E-state index contributed by atoms with van der Waals surface area (Å²) in [7, 11) is 1.85. The number of hydrogen-bond acceptors (Lipinski definition) is 7. The van der Waals surface area contributed by atoms with E-state index in [2.05, 4.69) is 30.9 Å². The van der Waals surface area contributed by atoms with E-state index in [9.17, 15) is 18.0 Å². The fraction of sp³-hybridized carbons (Fsp3) is 0.524. The Labute approximate surface area is 184 Å². The second kappa shape index (κ2) is 8.10. The van der Waals surface area contributed by atoms with E-state index >= 15 is 0 Å². The molecule has 1 amide bonds. The highest BCUT2D eigenvalue weighted by Crippen LogP contribution is 2.35. The average Bonchev–Trinajstić information content (AvgIpc) is 2.66. The first-order valence-electron chi connectivity index (χ1n) is 10.5. The predicted molar refractivity (Wildman–Crippen MR) is 116 cm³/mol. The minimum absolute atomic E-state index is 0.00879. The lowest BCUT2D eigenvalue weighted by atomic mass is 9.87. The van der Waals surface area contributed by atoms with Crippen LogP contribution in [0.2, 0.25) is 0 Å². The molecular formula is C21H26F3N7O. The number of alkyl halides is 3. The Bertz CT molecular complexity index is 1020. The Balaban J connectivity index is 1.40. The Kier molecular flexibility index (Phi) is 5.59. The molecule has 2 aromatic rings. The fourth-order valence-electron chi connectivity index (χ4n) is 4.21. The van der Waals surface area contributed by atoms with Gasteiger partial charge in [0.1, 0.15) is 17.5 Å². The molecule has 1 saturated carbocycles. The average molecular weight is 449 g/mol. The molecule has 2 aromatic heterocycles. The largest absolute Gasteiger partial charge is 0.416 e. The zero-order valence-corrected chi connectivity index (χ0v) is 18.3. The van der Waals surface area contributed by atoms with Crippen molar-refractivity contribution in [3.8, 4) is 0 Å². The fourth-order valence-corrected chi connectivity index (χ4v) is 4.21. The molecule has 0 aromatic carbocycles. The lowest BCUT2D eigenvalue weighted by molar-refractivity contribution is -0.137. The van der Waals surface area contributed by atoms with Crippen molar-refractivity contribution >= 4 is 29.2 Å². The monoisotopic (exact) mass is 449 g/mol. The van der Waals surface area contributed by atoms with E-state index in [1.807, 2.05) is 32.7 Å². The van der Waals surface area contributed by atoms with Crippen LogP contribution in [-0.4, -0.2) is 46.0 Å². The van der Waals surface area contributed by atoms with Crippen molar-refractivity contribution in [3.05, 3.63) is 29.6 Å². The van der Waals surface area contributed by atoms with E-state index in [0.29, 0.717) is 36.0 Å². The normalized spacial score (nSPS) is 22.8. The maximum atomic E-state index is 12.9. The summed E-state index contributed by atoms with van der Waals surface area (Å²) in [5, 5.41) is 9.26. The zero-order valence-electron chi connectivity index (χ0n) is 18.3. The molecule has 1 atom stereocenters. The minimum Gasteiger partial charge on any atom is -0.367 e. The number of anilines is 4. The number of amides is 1. The Morgan fingerprint density at radius 1 is 1.19 bits per heavy atom. The molecule has 8 nitrogen and oxygen atoms in total. The van der Waals surface area contributed by atoms with Gasteiger partial charge in [0.15, 0.2) is 5.82 Å². The Morgan fingerprint density at radius 2 is 1.88 bits per heavy atom. The number of rotatable bonds is 5. The molecule has 1 fully saturated rings. The third kappa shape index (κ3) is 4.28. The molecule has 2 aliphatic rings. The number of likely N-dealkylation sites (N-methyl/N-ethyl adjacent to an activating group) is 1. The van der Waals surface area contributed by atoms with Gasteiger partial charge in [-0.05, 0) is 37.8 Å². The number of hydrogen-bond donors (Lipinski definition) is 3. The minimum atomic E-state index is -4.40. The summed E-state index contributed by atoms with van der Waals surface area (Å²) in [6.45, 7) is 5.79. The van der Waals surface area contributed by atoms with Crippen molar-refractivity contribution < 1.29 is 18.0 Å². The summed E-state index contributed by atoms with van der Waals surface area (Å²) >= 11 is 0. The highest BCUT2D eigenvalue weighted by atomic mass is 19.4. The molecule has 1 aliphatic carbocycles. The van der Waals surface area contributed by atoms with Crippen LogP contribution >= 0.6 is 0 Å². The number of aromatic nitrogens is 3. The van der Waals surface area contributed by atoms with E-state index in [0.717, 1.165) is 18.3 Å². The van der Waals surface area contributed by atoms with Crippen LogP contribution in [-0.2, 0) is 11.0 Å². The molecule has 1 aliphatic heterocycles. The van der Waals surface area contributed by atoms with E-state index in [-0.39, 0.29) is 35.8 Å². The Hall–Kier alpha value is -3.11. The van der Waals surface area contributed by atoms with Crippen LogP contribution in [0.5, 0.6) is 0 Å².